The monoisotopic (exact) mass is 296 g/mol. The highest BCUT2D eigenvalue weighted by Crippen LogP contribution is 2.26. The molecule has 1 unspecified atom stereocenters. The van der Waals surface area contributed by atoms with Crippen LogP contribution in [0.1, 0.15) is 28.3 Å². The van der Waals surface area contributed by atoms with E-state index >= 15 is 0 Å². The molecule has 1 atom stereocenters. The molecule has 0 radical (unpaired) electrons. The second kappa shape index (κ2) is 6.18. The molecule has 0 aromatic carbocycles. The van der Waals surface area contributed by atoms with E-state index in [-0.39, 0.29) is 6.04 Å². The van der Waals surface area contributed by atoms with Crippen molar-refractivity contribution in [3.63, 3.8) is 0 Å². The Bertz CT molecular complexity index is 537. The Labute approximate surface area is 120 Å². The smallest absolute Gasteiger partial charge is 0.332 e. The zero-order valence-electron chi connectivity index (χ0n) is 10.8. The molecule has 2 aromatic rings. The summed E-state index contributed by atoms with van der Waals surface area (Å²) in [4.78, 5) is 14.0. The molecule has 0 fully saturated rings. The Kier molecular flexibility index (Phi) is 4.57. The standard InChI is InChI=1S/C13H16N2O2S2/c1-9-3-4-12(19-9)10(2)15(17)13(16)14-7-11-5-6-18-8-11/h3-6,8,10,17H,7H2,1-2H3,(H,14,16). The van der Waals surface area contributed by atoms with Crippen molar-refractivity contribution in [2.75, 3.05) is 0 Å². The van der Waals surface area contributed by atoms with Gasteiger partial charge >= 0.3 is 6.03 Å². The summed E-state index contributed by atoms with van der Waals surface area (Å²) >= 11 is 3.16. The lowest BCUT2D eigenvalue weighted by atomic mass is 10.2. The SMILES string of the molecule is Cc1ccc(C(C)N(O)C(=O)NCc2ccsc2)s1. The van der Waals surface area contributed by atoms with E-state index in [1.54, 1.807) is 29.6 Å². The Morgan fingerprint density at radius 2 is 2.26 bits per heavy atom. The lowest BCUT2D eigenvalue weighted by molar-refractivity contribution is -0.0736. The molecule has 2 N–H and O–H groups in total. The molecule has 102 valence electrons. The zero-order chi connectivity index (χ0) is 13.8. The third-order valence-corrected chi connectivity index (χ3v) is 4.67. The van der Waals surface area contributed by atoms with Gasteiger partial charge in [0.15, 0.2) is 0 Å². The maximum absolute atomic E-state index is 11.8. The highest BCUT2D eigenvalue weighted by Gasteiger charge is 2.20. The van der Waals surface area contributed by atoms with Gasteiger partial charge in [-0.2, -0.15) is 16.4 Å². The molecule has 2 rings (SSSR count). The molecular weight excluding hydrogens is 280 g/mol. The van der Waals surface area contributed by atoms with Gasteiger partial charge in [0.25, 0.3) is 0 Å². The van der Waals surface area contributed by atoms with Crippen LogP contribution in [0.5, 0.6) is 0 Å². The molecule has 0 spiro atoms. The minimum atomic E-state index is -0.482. The van der Waals surface area contributed by atoms with Gasteiger partial charge in [-0.15, -0.1) is 11.3 Å². The van der Waals surface area contributed by atoms with E-state index in [0.29, 0.717) is 6.54 Å². The van der Waals surface area contributed by atoms with Crippen molar-refractivity contribution in [3.05, 3.63) is 44.3 Å². The van der Waals surface area contributed by atoms with Crippen molar-refractivity contribution in [2.45, 2.75) is 26.4 Å². The molecule has 0 saturated carbocycles. The van der Waals surface area contributed by atoms with E-state index in [9.17, 15) is 10.0 Å². The fourth-order valence-electron chi connectivity index (χ4n) is 1.63. The first-order chi connectivity index (χ1) is 9.08. The minimum absolute atomic E-state index is 0.346. The van der Waals surface area contributed by atoms with Crippen molar-refractivity contribution in [2.24, 2.45) is 0 Å². The zero-order valence-corrected chi connectivity index (χ0v) is 12.4. The first kappa shape index (κ1) is 14.0. The van der Waals surface area contributed by atoms with Gasteiger partial charge in [0.05, 0.1) is 6.04 Å². The van der Waals surface area contributed by atoms with Crippen molar-refractivity contribution in [3.8, 4) is 0 Å². The van der Waals surface area contributed by atoms with Crippen molar-refractivity contribution in [1.29, 1.82) is 0 Å². The molecule has 0 saturated heterocycles. The summed E-state index contributed by atoms with van der Waals surface area (Å²) in [6, 6.07) is 5.03. The van der Waals surface area contributed by atoms with Gasteiger partial charge in [-0.05, 0) is 48.4 Å². The molecule has 2 aromatic heterocycles. The molecule has 6 heteroatoms. The number of hydrogen-bond acceptors (Lipinski definition) is 4. The molecule has 0 aliphatic heterocycles. The number of carbonyl (C=O) groups is 1. The van der Waals surface area contributed by atoms with E-state index in [1.165, 1.54) is 0 Å². The van der Waals surface area contributed by atoms with Crippen LogP contribution in [0.3, 0.4) is 0 Å². The van der Waals surface area contributed by atoms with Gasteiger partial charge in [0, 0.05) is 16.3 Å². The van der Waals surface area contributed by atoms with E-state index < -0.39 is 6.03 Å². The summed E-state index contributed by atoms with van der Waals surface area (Å²) in [6.07, 6.45) is 0. The number of hydroxylamine groups is 2. The third-order valence-electron chi connectivity index (χ3n) is 2.77. The van der Waals surface area contributed by atoms with Crippen LogP contribution < -0.4 is 5.32 Å². The predicted molar refractivity (Wildman–Crippen MR) is 77.7 cm³/mol. The summed E-state index contributed by atoms with van der Waals surface area (Å²) in [5, 5.41) is 17.3. The number of aryl methyl sites for hydroxylation is 1. The van der Waals surface area contributed by atoms with Gasteiger partial charge in [0.1, 0.15) is 0 Å². The van der Waals surface area contributed by atoms with E-state index in [2.05, 4.69) is 5.32 Å². The number of amides is 2. The number of nitrogens with zero attached hydrogens (tertiary/aromatic N) is 1. The first-order valence-electron chi connectivity index (χ1n) is 5.91. The number of rotatable bonds is 4. The predicted octanol–water partition coefficient (Wildman–Crippen LogP) is 3.78. The lowest BCUT2D eigenvalue weighted by Gasteiger charge is -2.21. The molecule has 19 heavy (non-hydrogen) atoms. The van der Waals surface area contributed by atoms with Crippen LogP contribution in [0, 0.1) is 6.92 Å². The summed E-state index contributed by atoms with van der Waals surface area (Å²) in [6.45, 7) is 4.23. The van der Waals surface area contributed by atoms with Crippen molar-refractivity contribution >= 4 is 28.7 Å². The van der Waals surface area contributed by atoms with Crippen LogP contribution >= 0.6 is 22.7 Å². The summed E-state index contributed by atoms with van der Waals surface area (Å²) in [5.74, 6) is 0. The molecule has 2 amide bonds. The molecule has 0 bridgehead atoms. The van der Waals surface area contributed by atoms with Crippen LogP contribution in [0.4, 0.5) is 4.79 Å². The average Bonchev–Trinajstić information content (AvgIpc) is 3.05. The summed E-state index contributed by atoms with van der Waals surface area (Å²) in [5.41, 5.74) is 1.03. The number of carbonyl (C=O) groups excluding carboxylic acids is 1. The van der Waals surface area contributed by atoms with Gasteiger partial charge in [0.2, 0.25) is 0 Å². The number of urea groups is 1. The van der Waals surface area contributed by atoms with Gasteiger partial charge in [-0.3, -0.25) is 5.21 Å². The van der Waals surface area contributed by atoms with Crippen LogP contribution in [-0.4, -0.2) is 16.3 Å². The normalized spacial score (nSPS) is 12.2. The summed E-state index contributed by atoms with van der Waals surface area (Å²) in [7, 11) is 0. The second-order valence-corrected chi connectivity index (χ2v) is 6.36. The first-order valence-corrected chi connectivity index (χ1v) is 7.67. The maximum atomic E-state index is 11.8. The second-order valence-electron chi connectivity index (χ2n) is 4.26. The fourth-order valence-corrected chi connectivity index (χ4v) is 3.21. The van der Waals surface area contributed by atoms with Gasteiger partial charge in [-0.1, -0.05) is 0 Å². The number of nitrogens with one attached hydrogen (secondary N) is 1. The molecule has 4 nitrogen and oxygen atoms in total. The Morgan fingerprint density at radius 1 is 1.47 bits per heavy atom. The lowest BCUT2D eigenvalue weighted by Crippen LogP contribution is -2.38. The Balaban J connectivity index is 1.91. The molecule has 2 heterocycles. The van der Waals surface area contributed by atoms with Crippen LogP contribution in [0.2, 0.25) is 0 Å². The molecule has 0 aliphatic carbocycles. The fraction of sp³-hybridized carbons (Fsp3) is 0.308. The van der Waals surface area contributed by atoms with E-state index in [1.807, 2.05) is 35.9 Å². The van der Waals surface area contributed by atoms with Gasteiger partial charge in [-0.25, -0.2) is 4.79 Å². The van der Waals surface area contributed by atoms with Crippen LogP contribution in [-0.2, 0) is 6.54 Å². The topological polar surface area (TPSA) is 52.6 Å². The highest BCUT2D eigenvalue weighted by molar-refractivity contribution is 7.12. The number of hydrogen-bond donors (Lipinski definition) is 2. The van der Waals surface area contributed by atoms with E-state index in [4.69, 9.17) is 0 Å². The highest BCUT2D eigenvalue weighted by atomic mass is 32.1. The van der Waals surface area contributed by atoms with Gasteiger partial charge < -0.3 is 5.32 Å². The minimum Gasteiger partial charge on any atom is -0.332 e. The van der Waals surface area contributed by atoms with Crippen LogP contribution in [0.25, 0.3) is 0 Å². The average molecular weight is 296 g/mol. The quantitative estimate of drug-likeness (QED) is 0.666. The Hall–Kier alpha value is -1.37. The van der Waals surface area contributed by atoms with E-state index in [0.717, 1.165) is 20.4 Å². The molecule has 0 aliphatic rings. The van der Waals surface area contributed by atoms with Crippen LogP contribution in [0.15, 0.2) is 29.0 Å². The molecular formula is C13H16N2O2S2. The third kappa shape index (κ3) is 3.56. The Morgan fingerprint density at radius 3 is 2.84 bits per heavy atom. The van der Waals surface area contributed by atoms with Crippen molar-refractivity contribution in [1.82, 2.24) is 10.4 Å². The largest absolute Gasteiger partial charge is 0.342 e. The maximum Gasteiger partial charge on any atom is 0.342 e. The summed E-state index contributed by atoms with van der Waals surface area (Å²) < 4.78 is 0. The van der Waals surface area contributed by atoms with Crippen molar-refractivity contribution < 1.29 is 10.0 Å². The number of thiophene rings is 2.